The van der Waals surface area contributed by atoms with Gasteiger partial charge < -0.3 is 10.4 Å². The van der Waals surface area contributed by atoms with E-state index < -0.39 is 5.97 Å². The van der Waals surface area contributed by atoms with Crippen molar-refractivity contribution in [2.24, 2.45) is 11.8 Å². The van der Waals surface area contributed by atoms with Gasteiger partial charge in [0.25, 0.3) is 0 Å². The largest absolute Gasteiger partial charge is 0.478 e. The van der Waals surface area contributed by atoms with Crippen LogP contribution in [0, 0.1) is 11.8 Å². The summed E-state index contributed by atoms with van der Waals surface area (Å²) in [4.78, 5) is 10.8. The highest BCUT2D eigenvalue weighted by molar-refractivity contribution is 5.87. The molecule has 19 heavy (non-hydrogen) atoms. The van der Waals surface area contributed by atoms with E-state index in [4.69, 9.17) is 5.11 Å². The van der Waals surface area contributed by atoms with E-state index >= 15 is 0 Å². The van der Waals surface area contributed by atoms with Crippen molar-refractivity contribution in [3.05, 3.63) is 29.8 Å². The van der Waals surface area contributed by atoms with Crippen LogP contribution in [-0.4, -0.2) is 17.1 Å². The number of aromatic carboxylic acids is 1. The molecule has 0 amide bonds. The summed E-state index contributed by atoms with van der Waals surface area (Å²) in [5, 5.41) is 12.4. The van der Waals surface area contributed by atoms with Crippen molar-refractivity contribution in [1.29, 1.82) is 0 Å². The van der Waals surface area contributed by atoms with Crippen LogP contribution in [0.4, 0.5) is 5.69 Å². The Bertz CT molecular complexity index is 450. The number of anilines is 1. The topological polar surface area (TPSA) is 49.3 Å². The van der Waals surface area contributed by atoms with Gasteiger partial charge in [-0.05, 0) is 61.8 Å². The van der Waals surface area contributed by atoms with E-state index in [-0.39, 0.29) is 0 Å². The molecule has 0 bridgehead atoms. The fourth-order valence-electron chi connectivity index (χ4n) is 3.30. The Morgan fingerprint density at radius 2 is 1.79 bits per heavy atom. The van der Waals surface area contributed by atoms with Crippen LogP contribution in [0.15, 0.2) is 24.3 Å². The molecule has 3 nitrogen and oxygen atoms in total. The van der Waals surface area contributed by atoms with Crippen molar-refractivity contribution in [3.8, 4) is 0 Å². The molecule has 2 aliphatic rings. The van der Waals surface area contributed by atoms with Crippen molar-refractivity contribution in [2.75, 3.05) is 5.32 Å². The molecule has 2 aliphatic carbocycles. The first-order valence-corrected chi connectivity index (χ1v) is 7.32. The standard InChI is InChI=1S/C16H21NO2/c18-16(19)12-6-8-14(9-7-12)17-15-3-1-2-13(10-15)11-4-5-11/h6-9,11,13,15,17H,1-5,10H2,(H,18,19). The number of carboxylic acid groups (broad SMARTS) is 1. The minimum atomic E-state index is -0.863. The van der Waals surface area contributed by atoms with Gasteiger partial charge in [-0.2, -0.15) is 0 Å². The molecule has 2 unspecified atom stereocenters. The molecule has 3 heteroatoms. The molecule has 0 spiro atoms. The van der Waals surface area contributed by atoms with Crippen molar-refractivity contribution < 1.29 is 9.90 Å². The smallest absolute Gasteiger partial charge is 0.335 e. The van der Waals surface area contributed by atoms with Crippen LogP contribution in [0.2, 0.25) is 0 Å². The highest BCUT2D eigenvalue weighted by atomic mass is 16.4. The van der Waals surface area contributed by atoms with Gasteiger partial charge in [-0.1, -0.05) is 12.8 Å². The molecule has 0 aromatic heterocycles. The zero-order valence-electron chi connectivity index (χ0n) is 11.1. The first-order valence-electron chi connectivity index (χ1n) is 7.32. The summed E-state index contributed by atoms with van der Waals surface area (Å²) < 4.78 is 0. The summed E-state index contributed by atoms with van der Waals surface area (Å²) in [6.45, 7) is 0. The lowest BCUT2D eigenvalue weighted by atomic mass is 9.82. The number of rotatable bonds is 4. The van der Waals surface area contributed by atoms with Gasteiger partial charge in [0.15, 0.2) is 0 Å². The van der Waals surface area contributed by atoms with Gasteiger partial charge in [0, 0.05) is 11.7 Å². The third-order valence-corrected chi connectivity index (χ3v) is 4.51. The van der Waals surface area contributed by atoms with Gasteiger partial charge in [0.2, 0.25) is 0 Å². The van der Waals surface area contributed by atoms with E-state index in [0.29, 0.717) is 11.6 Å². The molecular weight excluding hydrogens is 238 g/mol. The predicted octanol–water partition coefficient (Wildman–Crippen LogP) is 3.77. The maximum Gasteiger partial charge on any atom is 0.335 e. The molecule has 0 aliphatic heterocycles. The number of nitrogens with one attached hydrogen (secondary N) is 1. The van der Waals surface area contributed by atoms with Crippen molar-refractivity contribution in [2.45, 2.75) is 44.6 Å². The maximum atomic E-state index is 10.8. The van der Waals surface area contributed by atoms with Gasteiger partial charge in [-0.15, -0.1) is 0 Å². The zero-order valence-corrected chi connectivity index (χ0v) is 11.1. The third kappa shape index (κ3) is 3.09. The molecule has 1 aromatic carbocycles. The molecule has 2 saturated carbocycles. The summed E-state index contributed by atoms with van der Waals surface area (Å²) in [5.41, 5.74) is 1.40. The minimum absolute atomic E-state index is 0.352. The molecule has 2 N–H and O–H groups in total. The number of carboxylic acids is 1. The summed E-state index contributed by atoms with van der Waals surface area (Å²) in [5.74, 6) is 1.06. The average Bonchev–Trinajstić information content (AvgIpc) is 3.24. The lowest BCUT2D eigenvalue weighted by Crippen LogP contribution is -2.28. The van der Waals surface area contributed by atoms with Gasteiger partial charge in [-0.25, -0.2) is 4.79 Å². The Labute approximate surface area is 114 Å². The van der Waals surface area contributed by atoms with Crippen LogP contribution in [0.3, 0.4) is 0 Å². The number of benzene rings is 1. The summed E-state index contributed by atoms with van der Waals surface area (Å²) in [7, 11) is 0. The molecule has 2 atom stereocenters. The molecular formula is C16H21NO2. The van der Waals surface area contributed by atoms with Crippen molar-refractivity contribution in [3.63, 3.8) is 0 Å². The first kappa shape index (κ1) is 12.5. The Hall–Kier alpha value is -1.51. The minimum Gasteiger partial charge on any atom is -0.478 e. The second-order valence-electron chi connectivity index (χ2n) is 5.99. The molecule has 0 radical (unpaired) electrons. The summed E-state index contributed by atoms with van der Waals surface area (Å²) >= 11 is 0. The number of carbonyl (C=O) groups is 1. The van der Waals surface area contributed by atoms with E-state index in [0.717, 1.165) is 17.5 Å². The normalized spacial score (nSPS) is 26.9. The van der Waals surface area contributed by atoms with E-state index in [1.54, 1.807) is 12.1 Å². The van der Waals surface area contributed by atoms with Gasteiger partial charge in [0.1, 0.15) is 0 Å². The third-order valence-electron chi connectivity index (χ3n) is 4.51. The predicted molar refractivity (Wildman–Crippen MR) is 75.5 cm³/mol. The van der Waals surface area contributed by atoms with E-state index in [9.17, 15) is 4.79 Å². The lowest BCUT2D eigenvalue weighted by molar-refractivity contribution is 0.0697. The summed E-state index contributed by atoms with van der Waals surface area (Å²) in [6.07, 6.45) is 8.12. The van der Waals surface area contributed by atoms with E-state index in [1.807, 2.05) is 12.1 Å². The quantitative estimate of drug-likeness (QED) is 0.865. The average molecular weight is 259 g/mol. The SMILES string of the molecule is O=C(O)c1ccc(NC2CCCC(C3CC3)C2)cc1. The number of hydrogen-bond acceptors (Lipinski definition) is 2. The highest BCUT2D eigenvalue weighted by Gasteiger charge is 2.34. The monoisotopic (exact) mass is 259 g/mol. The molecule has 1 aromatic rings. The van der Waals surface area contributed by atoms with Crippen LogP contribution in [0.5, 0.6) is 0 Å². The molecule has 102 valence electrons. The highest BCUT2D eigenvalue weighted by Crippen LogP contribution is 2.44. The Kier molecular flexibility index (Phi) is 3.45. The molecule has 0 heterocycles. The number of hydrogen-bond donors (Lipinski definition) is 2. The van der Waals surface area contributed by atoms with Crippen LogP contribution in [-0.2, 0) is 0 Å². The Morgan fingerprint density at radius 3 is 2.42 bits per heavy atom. The molecule has 3 rings (SSSR count). The van der Waals surface area contributed by atoms with Crippen LogP contribution >= 0.6 is 0 Å². The Balaban J connectivity index is 1.59. The Morgan fingerprint density at radius 1 is 1.05 bits per heavy atom. The summed E-state index contributed by atoms with van der Waals surface area (Å²) in [6, 6.07) is 7.67. The van der Waals surface area contributed by atoms with Crippen molar-refractivity contribution in [1.82, 2.24) is 0 Å². The van der Waals surface area contributed by atoms with Crippen LogP contribution < -0.4 is 5.32 Å². The fourth-order valence-corrected chi connectivity index (χ4v) is 3.30. The zero-order chi connectivity index (χ0) is 13.2. The fraction of sp³-hybridized carbons (Fsp3) is 0.562. The second kappa shape index (κ2) is 5.24. The first-order chi connectivity index (χ1) is 9.22. The molecule has 2 fully saturated rings. The van der Waals surface area contributed by atoms with Gasteiger partial charge >= 0.3 is 5.97 Å². The van der Waals surface area contributed by atoms with E-state index in [2.05, 4.69) is 5.32 Å². The van der Waals surface area contributed by atoms with Crippen LogP contribution in [0.25, 0.3) is 0 Å². The van der Waals surface area contributed by atoms with Gasteiger partial charge in [0.05, 0.1) is 5.56 Å². The molecule has 0 saturated heterocycles. The van der Waals surface area contributed by atoms with Gasteiger partial charge in [-0.3, -0.25) is 0 Å². The van der Waals surface area contributed by atoms with E-state index in [1.165, 1.54) is 38.5 Å². The second-order valence-corrected chi connectivity index (χ2v) is 5.99. The van der Waals surface area contributed by atoms with Crippen LogP contribution in [0.1, 0.15) is 48.9 Å². The lowest BCUT2D eigenvalue weighted by Gasteiger charge is -2.30. The van der Waals surface area contributed by atoms with Crippen molar-refractivity contribution >= 4 is 11.7 Å². The maximum absolute atomic E-state index is 10.8.